The number of hydrogen-bond donors (Lipinski definition) is 2. The maximum absolute atomic E-state index is 10.5. The molecule has 0 bridgehead atoms. The van der Waals surface area contributed by atoms with Gasteiger partial charge in [0.2, 0.25) is 0 Å². The highest BCUT2D eigenvalue weighted by atomic mass is 32.1. The molecule has 2 aromatic rings. The van der Waals surface area contributed by atoms with Crippen molar-refractivity contribution in [2.75, 3.05) is 0 Å². The van der Waals surface area contributed by atoms with E-state index in [0.717, 1.165) is 10.6 Å². The second kappa shape index (κ2) is 4.92. The van der Waals surface area contributed by atoms with Gasteiger partial charge in [-0.2, -0.15) is 0 Å². The number of amides is 1. The van der Waals surface area contributed by atoms with Crippen molar-refractivity contribution < 1.29 is 9.90 Å². The molecule has 0 spiro atoms. The van der Waals surface area contributed by atoms with E-state index in [1.54, 1.807) is 6.92 Å². The average Bonchev–Trinajstić information content (AvgIpc) is 2.78. The van der Waals surface area contributed by atoms with Crippen LogP contribution in [-0.4, -0.2) is 21.4 Å². The van der Waals surface area contributed by atoms with Crippen LogP contribution < -0.4 is 5.32 Å². The molecule has 5 nitrogen and oxygen atoms in total. The normalized spacial score (nSPS) is 12.1. The van der Waals surface area contributed by atoms with Crippen LogP contribution in [0.5, 0.6) is 0 Å². The average molecular weight is 249 g/mol. The molecule has 1 aromatic heterocycles. The molecule has 0 aliphatic rings. The van der Waals surface area contributed by atoms with E-state index in [4.69, 9.17) is 5.11 Å². The van der Waals surface area contributed by atoms with Crippen molar-refractivity contribution in [2.24, 2.45) is 0 Å². The lowest BCUT2D eigenvalue weighted by Gasteiger charge is -2.05. The molecule has 2 N–H and O–H groups in total. The minimum absolute atomic E-state index is 0.345. The van der Waals surface area contributed by atoms with Gasteiger partial charge in [-0.25, -0.2) is 4.79 Å². The number of hydrogen-bond acceptors (Lipinski definition) is 4. The second-order valence-corrected chi connectivity index (χ2v) is 4.49. The zero-order chi connectivity index (χ0) is 12.3. The Morgan fingerprint density at radius 1 is 1.35 bits per heavy atom. The monoisotopic (exact) mass is 249 g/mol. The summed E-state index contributed by atoms with van der Waals surface area (Å²) < 4.78 is 0. The number of carbonyl (C=O) groups is 1. The molecule has 1 unspecified atom stereocenters. The van der Waals surface area contributed by atoms with Crippen LogP contribution in [0, 0.1) is 0 Å². The highest BCUT2D eigenvalue weighted by Gasteiger charge is 2.14. The number of nitrogens with zero attached hydrogens (tertiary/aromatic N) is 2. The van der Waals surface area contributed by atoms with Crippen LogP contribution in [0.2, 0.25) is 0 Å². The fraction of sp³-hybridized carbons (Fsp3) is 0.182. The summed E-state index contributed by atoms with van der Waals surface area (Å²) in [4.78, 5) is 10.5. The van der Waals surface area contributed by atoms with Gasteiger partial charge in [0.25, 0.3) is 0 Å². The Morgan fingerprint density at radius 2 is 2.06 bits per heavy atom. The first kappa shape index (κ1) is 11.5. The third kappa shape index (κ3) is 2.79. The summed E-state index contributed by atoms with van der Waals surface area (Å²) >= 11 is 1.39. The van der Waals surface area contributed by atoms with Gasteiger partial charge in [-0.1, -0.05) is 41.7 Å². The molecule has 0 saturated carbocycles. The van der Waals surface area contributed by atoms with E-state index >= 15 is 0 Å². The molecule has 1 amide bonds. The lowest BCUT2D eigenvalue weighted by molar-refractivity contribution is 0.191. The third-order valence-electron chi connectivity index (χ3n) is 2.17. The summed E-state index contributed by atoms with van der Waals surface area (Å²) in [6.07, 6.45) is -1.06. The van der Waals surface area contributed by atoms with Gasteiger partial charge < -0.3 is 10.4 Å². The molecule has 1 heterocycles. The molecule has 0 radical (unpaired) electrons. The molecule has 1 atom stereocenters. The van der Waals surface area contributed by atoms with Crippen LogP contribution in [0.3, 0.4) is 0 Å². The molecule has 6 heteroatoms. The van der Waals surface area contributed by atoms with E-state index in [9.17, 15) is 4.79 Å². The highest BCUT2D eigenvalue weighted by molar-refractivity contribution is 7.14. The quantitative estimate of drug-likeness (QED) is 0.876. The van der Waals surface area contributed by atoms with Crippen molar-refractivity contribution in [3.05, 3.63) is 35.3 Å². The molecule has 0 aliphatic carbocycles. The van der Waals surface area contributed by atoms with Gasteiger partial charge in [0.1, 0.15) is 10.0 Å². The van der Waals surface area contributed by atoms with E-state index < -0.39 is 6.09 Å². The minimum Gasteiger partial charge on any atom is -0.465 e. The van der Waals surface area contributed by atoms with Gasteiger partial charge in [-0.15, -0.1) is 10.2 Å². The molecule has 88 valence electrons. The summed E-state index contributed by atoms with van der Waals surface area (Å²) in [5.41, 5.74) is 0.985. The summed E-state index contributed by atoms with van der Waals surface area (Å²) in [7, 11) is 0. The van der Waals surface area contributed by atoms with Crippen LogP contribution in [-0.2, 0) is 0 Å². The Kier molecular flexibility index (Phi) is 3.34. The largest absolute Gasteiger partial charge is 0.465 e. The van der Waals surface area contributed by atoms with E-state index in [0.29, 0.717) is 5.01 Å². The number of aromatic nitrogens is 2. The Labute approximate surface area is 102 Å². The van der Waals surface area contributed by atoms with Crippen LogP contribution in [0.4, 0.5) is 4.79 Å². The number of carboxylic acid groups (broad SMARTS) is 1. The summed E-state index contributed by atoms with van der Waals surface area (Å²) in [6.45, 7) is 1.74. The van der Waals surface area contributed by atoms with E-state index in [2.05, 4.69) is 15.5 Å². The molecule has 1 aromatic carbocycles. The Bertz CT molecular complexity index is 512. The lowest BCUT2D eigenvalue weighted by Crippen LogP contribution is -2.24. The van der Waals surface area contributed by atoms with Crippen molar-refractivity contribution >= 4 is 17.4 Å². The number of benzene rings is 1. The maximum atomic E-state index is 10.5. The van der Waals surface area contributed by atoms with Crippen LogP contribution >= 0.6 is 11.3 Å². The molecule has 17 heavy (non-hydrogen) atoms. The van der Waals surface area contributed by atoms with Crippen molar-refractivity contribution in [2.45, 2.75) is 13.0 Å². The van der Waals surface area contributed by atoms with Crippen LogP contribution in [0.15, 0.2) is 30.3 Å². The molecular weight excluding hydrogens is 238 g/mol. The number of nitrogens with one attached hydrogen (secondary N) is 1. The zero-order valence-corrected chi connectivity index (χ0v) is 9.94. The van der Waals surface area contributed by atoms with Crippen molar-refractivity contribution in [3.63, 3.8) is 0 Å². The first-order valence-electron chi connectivity index (χ1n) is 5.05. The van der Waals surface area contributed by atoms with E-state index in [1.165, 1.54) is 11.3 Å². The zero-order valence-electron chi connectivity index (χ0n) is 9.12. The van der Waals surface area contributed by atoms with Crippen LogP contribution in [0.1, 0.15) is 18.0 Å². The lowest BCUT2D eigenvalue weighted by atomic mass is 10.2. The van der Waals surface area contributed by atoms with Gasteiger partial charge in [-0.3, -0.25) is 0 Å². The number of rotatable bonds is 3. The summed E-state index contributed by atoms with van der Waals surface area (Å²) in [5, 5.41) is 20.5. The fourth-order valence-corrected chi connectivity index (χ4v) is 2.20. The molecule has 0 fully saturated rings. The van der Waals surface area contributed by atoms with E-state index in [-0.39, 0.29) is 6.04 Å². The van der Waals surface area contributed by atoms with Crippen molar-refractivity contribution in [3.8, 4) is 10.6 Å². The SMILES string of the molecule is CC(NC(=O)O)c1nnc(-c2ccccc2)s1. The Balaban J connectivity index is 2.19. The molecule has 0 aliphatic heterocycles. The Morgan fingerprint density at radius 3 is 2.71 bits per heavy atom. The highest BCUT2D eigenvalue weighted by Crippen LogP contribution is 2.26. The standard InChI is InChI=1S/C11H11N3O2S/c1-7(12-11(15)16)9-13-14-10(17-9)8-5-3-2-4-6-8/h2-7,12H,1H3,(H,15,16). The Hall–Kier alpha value is -1.95. The van der Waals surface area contributed by atoms with Crippen LogP contribution in [0.25, 0.3) is 10.6 Å². The predicted molar refractivity (Wildman–Crippen MR) is 64.9 cm³/mol. The van der Waals surface area contributed by atoms with Crippen molar-refractivity contribution in [1.82, 2.24) is 15.5 Å². The van der Waals surface area contributed by atoms with Gasteiger partial charge >= 0.3 is 6.09 Å². The first-order chi connectivity index (χ1) is 8.16. The topological polar surface area (TPSA) is 75.1 Å². The fourth-order valence-electron chi connectivity index (χ4n) is 1.35. The summed E-state index contributed by atoms with van der Waals surface area (Å²) in [5.74, 6) is 0. The third-order valence-corrected chi connectivity index (χ3v) is 3.33. The van der Waals surface area contributed by atoms with Gasteiger partial charge in [0.05, 0.1) is 6.04 Å². The van der Waals surface area contributed by atoms with Gasteiger partial charge in [0, 0.05) is 5.56 Å². The van der Waals surface area contributed by atoms with Gasteiger partial charge in [-0.05, 0) is 6.92 Å². The van der Waals surface area contributed by atoms with Crippen molar-refractivity contribution in [1.29, 1.82) is 0 Å². The second-order valence-electron chi connectivity index (χ2n) is 3.48. The minimum atomic E-state index is -1.06. The first-order valence-corrected chi connectivity index (χ1v) is 5.87. The molecule has 0 saturated heterocycles. The van der Waals surface area contributed by atoms with E-state index in [1.807, 2.05) is 30.3 Å². The van der Waals surface area contributed by atoms with Gasteiger partial charge in [0.15, 0.2) is 0 Å². The summed E-state index contributed by atoms with van der Waals surface area (Å²) in [6, 6.07) is 9.33. The maximum Gasteiger partial charge on any atom is 0.405 e. The predicted octanol–water partition coefficient (Wildman–Crippen LogP) is 2.53. The molecule has 2 rings (SSSR count). The smallest absolute Gasteiger partial charge is 0.405 e. The molecular formula is C11H11N3O2S.